The Kier molecular flexibility index (Phi) is 1.43. The van der Waals surface area contributed by atoms with Gasteiger partial charge in [0.15, 0.2) is 0 Å². The second-order valence-corrected chi connectivity index (χ2v) is 2.88. The lowest BCUT2D eigenvalue weighted by molar-refractivity contribution is -0.231. The van der Waals surface area contributed by atoms with Crippen LogP contribution in [0.2, 0.25) is 0 Å². The van der Waals surface area contributed by atoms with E-state index in [0.717, 1.165) is 5.06 Å². The highest BCUT2D eigenvalue weighted by Gasteiger charge is 2.51. The third kappa shape index (κ3) is 0.776. The summed E-state index contributed by atoms with van der Waals surface area (Å²) in [5, 5.41) is 1.15. The zero-order chi connectivity index (χ0) is 8.72. The number of amides is 1. The summed E-state index contributed by atoms with van der Waals surface area (Å²) in [7, 11) is 0. The number of hydroxylamine groups is 2. The molecule has 4 heteroatoms. The fourth-order valence-corrected chi connectivity index (χ4v) is 1.27. The van der Waals surface area contributed by atoms with Crippen LogP contribution in [0.25, 0.3) is 0 Å². The van der Waals surface area contributed by atoms with E-state index in [0.29, 0.717) is 6.42 Å². The number of β-lactam (4-membered cyclic amide) rings is 1. The molecule has 0 spiro atoms. The van der Waals surface area contributed by atoms with Crippen LogP contribution in [0.15, 0.2) is 12.2 Å². The van der Waals surface area contributed by atoms with Gasteiger partial charge in [-0.3, -0.25) is 4.79 Å². The first-order valence-corrected chi connectivity index (χ1v) is 3.96. The maximum absolute atomic E-state index is 11.1. The van der Waals surface area contributed by atoms with Crippen molar-refractivity contribution in [3.05, 3.63) is 12.2 Å². The second-order valence-electron chi connectivity index (χ2n) is 2.88. The van der Waals surface area contributed by atoms with Gasteiger partial charge in [-0.1, -0.05) is 19.1 Å². The molecule has 4 nitrogen and oxygen atoms in total. The van der Waals surface area contributed by atoms with E-state index in [9.17, 15) is 9.59 Å². The lowest BCUT2D eigenvalue weighted by Gasteiger charge is -2.46. The summed E-state index contributed by atoms with van der Waals surface area (Å²) < 4.78 is 0. The predicted octanol–water partition coefficient (Wildman–Crippen LogP) is 0.251. The van der Waals surface area contributed by atoms with Crippen LogP contribution in [0.1, 0.15) is 13.3 Å². The summed E-state index contributed by atoms with van der Waals surface area (Å²) in [5.41, 5.74) is 0. The van der Waals surface area contributed by atoms with Gasteiger partial charge in [0.2, 0.25) is 0 Å². The molecule has 0 aromatic heterocycles. The zero-order valence-corrected chi connectivity index (χ0v) is 6.69. The van der Waals surface area contributed by atoms with E-state index >= 15 is 0 Å². The van der Waals surface area contributed by atoms with Crippen molar-refractivity contribution >= 4 is 11.9 Å². The minimum absolute atomic E-state index is 0.0188. The Morgan fingerprint density at radius 2 is 2.42 bits per heavy atom. The average molecular weight is 167 g/mol. The van der Waals surface area contributed by atoms with E-state index in [1.54, 1.807) is 6.92 Å². The molecule has 1 aliphatic heterocycles. The Morgan fingerprint density at radius 3 is 2.83 bits per heavy atom. The molecule has 0 aromatic rings. The van der Waals surface area contributed by atoms with Gasteiger partial charge in [-0.05, 0) is 0 Å². The van der Waals surface area contributed by atoms with Gasteiger partial charge in [-0.15, -0.1) is 0 Å². The first kappa shape index (κ1) is 7.34. The molecule has 1 aliphatic carbocycles. The number of carbonyl (C=O) groups is 2. The smallest absolute Gasteiger partial charge is 0.332 e. The van der Waals surface area contributed by atoms with Crippen LogP contribution in [-0.4, -0.2) is 23.0 Å². The molecule has 1 fully saturated rings. The molecule has 0 bridgehead atoms. The van der Waals surface area contributed by atoms with Gasteiger partial charge in [0.05, 0.1) is 5.92 Å². The topological polar surface area (TPSA) is 46.6 Å². The molecule has 0 aromatic carbocycles. The number of hydrogen-bond donors (Lipinski definition) is 0. The molecule has 2 atom stereocenters. The molecule has 2 unspecified atom stereocenters. The summed E-state index contributed by atoms with van der Waals surface area (Å²) >= 11 is 0. The van der Waals surface area contributed by atoms with Gasteiger partial charge in [0.1, 0.15) is 6.04 Å². The molecule has 0 saturated carbocycles. The highest BCUT2D eigenvalue weighted by molar-refractivity contribution is 5.91. The molecular formula is C8H9NO3. The molecule has 0 radical (unpaired) electrons. The minimum Gasteiger partial charge on any atom is -0.338 e. The summed E-state index contributed by atoms with van der Waals surface area (Å²) in [6.45, 7) is 1.70. The van der Waals surface area contributed by atoms with E-state index in [4.69, 9.17) is 4.84 Å². The third-order valence-corrected chi connectivity index (χ3v) is 2.15. The van der Waals surface area contributed by atoms with Crippen molar-refractivity contribution in [2.24, 2.45) is 5.92 Å². The van der Waals surface area contributed by atoms with Gasteiger partial charge in [-0.25, -0.2) is 4.79 Å². The standard InChI is InChI=1S/C8H9NO3/c1-2-7(10)12-9-6-4-3-5(6)8(9)11/h3-6H,2H2,1H3. The van der Waals surface area contributed by atoms with Crippen LogP contribution in [0.5, 0.6) is 0 Å². The molecule has 64 valence electrons. The van der Waals surface area contributed by atoms with Gasteiger partial charge >= 0.3 is 5.97 Å². The molecule has 1 heterocycles. The van der Waals surface area contributed by atoms with Gasteiger partial charge < -0.3 is 4.84 Å². The molecule has 1 saturated heterocycles. The monoisotopic (exact) mass is 167 g/mol. The summed E-state index contributed by atoms with van der Waals surface area (Å²) in [6, 6.07) is 0.0213. The number of fused-ring (bicyclic) bond motifs is 1. The zero-order valence-electron chi connectivity index (χ0n) is 6.69. The third-order valence-electron chi connectivity index (χ3n) is 2.15. The summed E-state index contributed by atoms with van der Waals surface area (Å²) in [6.07, 6.45) is 3.98. The quantitative estimate of drug-likeness (QED) is 0.437. The maximum atomic E-state index is 11.1. The highest BCUT2D eigenvalue weighted by Crippen LogP contribution is 2.36. The van der Waals surface area contributed by atoms with Crippen molar-refractivity contribution in [3.63, 3.8) is 0 Å². The largest absolute Gasteiger partial charge is 0.338 e. The first-order chi connectivity index (χ1) is 5.74. The number of nitrogens with zero attached hydrogens (tertiary/aromatic N) is 1. The van der Waals surface area contributed by atoms with Crippen LogP contribution in [-0.2, 0) is 14.4 Å². The van der Waals surface area contributed by atoms with E-state index < -0.39 is 0 Å². The predicted molar refractivity (Wildman–Crippen MR) is 39.6 cm³/mol. The number of rotatable bonds is 2. The molecular weight excluding hydrogens is 158 g/mol. The fourth-order valence-electron chi connectivity index (χ4n) is 1.27. The van der Waals surface area contributed by atoms with E-state index in [1.807, 2.05) is 12.2 Å². The van der Waals surface area contributed by atoms with Gasteiger partial charge in [0.25, 0.3) is 5.91 Å². The van der Waals surface area contributed by atoms with Crippen LogP contribution < -0.4 is 0 Å². The average Bonchev–Trinajstić information content (AvgIpc) is 2.01. The molecule has 1 amide bonds. The van der Waals surface area contributed by atoms with E-state index in [1.165, 1.54) is 0 Å². The molecule has 2 rings (SSSR count). The van der Waals surface area contributed by atoms with Crippen molar-refractivity contribution in [1.82, 2.24) is 5.06 Å². The minimum atomic E-state index is -0.359. The van der Waals surface area contributed by atoms with Crippen molar-refractivity contribution in [3.8, 4) is 0 Å². The summed E-state index contributed by atoms with van der Waals surface area (Å²) in [4.78, 5) is 26.6. The Hall–Kier alpha value is -1.32. The van der Waals surface area contributed by atoms with Crippen molar-refractivity contribution in [1.29, 1.82) is 0 Å². The maximum Gasteiger partial charge on any atom is 0.332 e. The Labute approximate surface area is 69.7 Å². The van der Waals surface area contributed by atoms with Crippen LogP contribution in [0.3, 0.4) is 0 Å². The van der Waals surface area contributed by atoms with Gasteiger partial charge in [0, 0.05) is 6.42 Å². The normalized spacial score (nSPS) is 30.4. The van der Waals surface area contributed by atoms with Crippen LogP contribution in [0.4, 0.5) is 0 Å². The molecule has 2 aliphatic rings. The number of hydrogen-bond acceptors (Lipinski definition) is 3. The van der Waals surface area contributed by atoms with Crippen molar-refractivity contribution < 1.29 is 14.4 Å². The van der Waals surface area contributed by atoms with Crippen molar-refractivity contribution in [2.45, 2.75) is 19.4 Å². The van der Waals surface area contributed by atoms with Crippen molar-refractivity contribution in [2.75, 3.05) is 0 Å². The molecule has 12 heavy (non-hydrogen) atoms. The number of carbonyl (C=O) groups excluding carboxylic acids is 2. The van der Waals surface area contributed by atoms with E-state index in [-0.39, 0.29) is 23.8 Å². The first-order valence-electron chi connectivity index (χ1n) is 3.96. The van der Waals surface area contributed by atoms with Gasteiger partial charge in [-0.2, -0.15) is 5.06 Å². The Bertz CT molecular complexity index is 271. The van der Waals surface area contributed by atoms with Crippen LogP contribution >= 0.6 is 0 Å². The SMILES string of the molecule is CCC(=O)ON1C(=O)C2C=CC21. The lowest BCUT2D eigenvalue weighted by Crippen LogP contribution is -2.63. The Balaban J connectivity index is 1.94. The molecule has 0 N–H and O–H groups in total. The highest BCUT2D eigenvalue weighted by atomic mass is 16.7. The Morgan fingerprint density at radius 1 is 1.67 bits per heavy atom. The van der Waals surface area contributed by atoms with Crippen LogP contribution in [0, 0.1) is 5.92 Å². The lowest BCUT2D eigenvalue weighted by atomic mass is 9.80. The summed E-state index contributed by atoms with van der Waals surface area (Å²) in [5.74, 6) is -0.485. The fraction of sp³-hybridized carbons (Fsp3) is 0.500. The second kappa shape index (κ2) is 2.33. The van der Waals surface area contributed by atoms with E-state index in [2.05, 4.69) is 0 Å².